The van der Waals surface area contributed by atoms with Gasteiger partial charge in [0.1, 0.15) is 0 Å². The fourth-order valence-electron chi connectivity index (χ4n) is 1.68. The Morgan fingerprint density at radius 3 is 2.76 bits per heavy atom. The van der Waals surface area contributed by atoms with Crippen LogP contribution in [0.1, 0.15) is 0 Å². The zero-order chi connectivity index (χ0) is 17.8. The number of fused-ring (bicyclic) bond motifs is 1. The van der Waals surface area contributed by atoms with Gasteiger partial charge in [-0.2, -0.15) is 0 Å². The first-order chi connectivity index (χ1) is 12.0. The molecule has 0 atom stereocenters. The van der Waals surface area contributed by atoms with Gasteiger partial charge in [-0.05, 0) is 18.2 Å². The summed E-state index contributed by atoms with van der Waals surface area (Å²) in [5.74, 6) is -0.305. The predicted octanol–water partition coefficient (Wildman–Crippen LogP) is 3.11. The first-order valence-electron chi connectivity index (χ1n) is 6.73. The van der Waals surface area contributed by atoms with E-state index in [9.17, 15) is 9.59 Å². The molecule has 3 rings (SSSR count). The maximum atomic E-state index is 12.0. The highest BCUT2D eigenvalue weighted by atomic mass is 35.5. The number of hydrogen-bond donors (Lipinski definition) is 2. The number of nitrogens with two attached hydrogens (primary N) is 1. The van der Waals surface area contributed by atoms with Crippen LogP contribution in [-0.2, 0) is 9.59 Å². The van der Waals surface area contributed by atoms with Crippen LogP contribution in [0.25, 0.3) is 10.2 Å². The summed E-state index contributed by atoms with van der Waals surface area (Å²) in [6.07, 6.45) is 0. The molecule has 25 heavy (non-hydrogen) atoms. The summed E-state index contributed by atoms with van der Waals surface area (Å²) in [6, 6.07) is 5.52. The molecule has 2 amide bonds. The Balaban J connectivity index is 1.52. The summed E-state index contributed by atoms with van der Waals surface area (Å²) < 4.78 is 2.39. The van der Waals surface area contributed by atoms with Gasteiger partial charge in [0.15, 0.2) is 8.68 Å². The Morgan fingerprint density at radius 2 is 1.96 bits per heavy atom. The molecule has 0 aliphatic heterocycles. The Labute approximate surface area is 163 Å². The van der Waals surface area contributed by atoms with Crippen molar-refractivity contribution in [2.24, 2.45) is 5.73 Å². The maximum Gasteiger partial charge on any atom is 0.236 e. The number of anilines is 1. The Hall–Kier alpha value is -1.40. The van der Waals surface area contributed by atoms with Crippen LogP contribution >= 0.6 is 57.8 Å². The van der Waals surface area contributed by atoms with Gasteiger partial charge in [-0.15, -0.1) is 21.5 Å². The molecule has 1 aromatic carbocycles. The number of amides is 2. The molecule has 2 heterocycles. The van der Waals surface area contributed by atoms with E-state index in [2.05, 4.69) is 20.5 Å². The summed E-state index contributed by atoms with van der Waals surface area (Å²) >= 11 is 11.2. The van der Waals surface area contributed by atoms with Crippen molar-refractivity contribution in [1.29, 1.82) is 0 Å². The van der Waals surface area contributed by atoms with E-state index in [-0.39, 0.29) is 17.4 Å². The van der Waals surface area contributed by atoms with E-state index in [1.54, 1.807) is 6.07 Å². The molecule has 7 nitrogen and oxygen atoms in total. The van der Waals surface area contributed by atoms with Crippen LogP contribution in [0.15, 0.2) is 26.9 Å². The number of hydrogen-bond acceptors (Lipinski definition) is 9. The van der Waals surface area contributed by atoms with Gasteiger partial charge in [0.25, 0.3) is 0 Å². The van der Waals surface area contributed by atoms with Crippen molar-refractivity contribution < 1.29 is 9.59 Å². The van der Waals surface area contributed by atoms with Crippen LogP contribution in [-0.4, -0.2) is 38.5 Å². The largest absolute Gasteiger partial charge is 0.369 e. The van der Waals surface area contributed by atoms with Crippen LogP contribution in [0.2, 0.25) is 5.02 Å². The van der Waals surface area contributed by atoms with Crippen molar-refractivity contribution in [2.45, 2.75) is 8.68 Å². The number of nitrogens with one attached hydrogen (secondary N) is 1. The Morgan fingerprint density at radius 1 is 1.16 bits per heavy atom. The number of benzene rings is 1. The smallest absolute Gasteiger partial charge is 0.236 e. The average molecular weight is 432 g/mol. The molecule has 3 N–H and O–H groups in total. The Kier molecular flexibility index (Phi) is 6.12. The quantitative estimate of drug-likeness (QED) is 0.436. The van der Waals surface area contributed by atoms with Gasteiger partial charge in [0, 0.05) is 5.02 Å². The van der Waals surface area contributed by atoms with Crippen LogP contribution in [0.4, 0.5) is 5.13 Å². The van der Waals surface area contributed by atoms with Crippen molar-refractivity contribution in [3.05, 3.63) is 23.2 Å². The highest BCUT2D eigenvalue weighted by molar-refractivity contribution is 8.02. The van der Waals surface area contributed by atoms with E-state index >= 15 is 0 Å². The normalized spacial score (nSPS) is 10.9. The molecule has 2 aromatic heterocycles. The molecule has 0 unspecified atom stereocenters. The average Bonchev–Trinajstić information content (AvgIpc) is 3.16. The van der Waals surface area contributed by atoms with Gasteiger partial charge < -0.3 is 5.73 Å². The van der Waals surface area contributed by atoms with Gasteiger partial charge in [-0.1, -0.05) is 46.5 Å². The lowest BCUT2D eigenvalue weighted by atomic mass is 10.3. The van der Waals surface area contributed by atoms with Crippen LogP contribution in [0.3, 0.4) is 0 Å². The van der Waals surface area contributed by atoms with E-state index in [1.807, 2.05) is 12.1 Å². The topological polar surface area (TPSA) is 111 Å². The molecular formula is C13H10ClN5O2S4. The number of carbonyl (C=O) groups excluding carboxylic acids is 2. The van der Waals surface area contributed by atoms with E-state index in [4.69, 9.17) is 17.3 Å². The first-order valence-corrected chi connectivity index (χ1v) is 10.7. The summed E-state index contributed by atoms with van der Waals surface area (Å²) in [4.78, 5) is 27.2. The maximum absolute atomic E-state index is 12.0. The molecule has 0 radical (unpaired) electrons. The molecule has 0 bridgehead atoms. The van der Waals surface area contributed by atoms with Gasteiger partial charge in [0.2, 0.25) is 16.9 Å². The second-order valence-corrected chi connectivity index (χ2v) is 9.45. The highest BCUT2D eigenvalue weighted by Crippen LogP contribution is 2.31. The second-order valence-electron chi connectivity index (χ2n) is 4.56. The number of nitrogens with zero attached hydrogens (tertiary/aromatic N) is 3. The summed E-state index contributed by atoms with van der Waals surface area (Å²) in [5.41, 5.74) is 5.89. The van der Waals surface area contributed by atoms with Gasteiger partial charge in [-0.3, -0.25) is 14.9 Å². The first kappa shape index (κ1) is 18.4. The SMILES string of the molecule is NC(=O)CSc1nnc(NC(=O)CSc2nc3cc(Cl)ccc3s2)s1. The molecule has 0 saturated heterocycles. The van der Waals surface area contributed by atoms with Crippen molar-refractivity contribution in [2.75, 3.05) is 16.8 Å². The van der Waals surface area contributed by atoms with E-state index in [0.29, 0.717) is 14.5 Å². The molecule has 0 saturated carbocycles. The lowest BCUT2D eigenvalue weighted by Gasteiger charge is -1.98. The molecule has 3 aromatic rings. The number of thioether (sulfide) groups is 2. The molecular weight excluding hydrogens is 422 g/mol. The highest BCUT2D eigenvalue weighted by Gasteiger charge is 2.12. The van der Waals surface area contributed by atoms with Crippen LogP contribution in [0, 0.1) is 0 Å². The monoisotopic (exact) mass is 431 g/mol. The summed E-state index contributed by atoms with van der Waals surface area (Å²) in [6.45, 7) is 0. The predicted molar refractivity (Wildman–Crippen MR) is 104 cm³/mol. The third-order valence-corrected chi connectivity index (χ3v) is 7.06. The van der Waals surface area contributed by atoms with Gasteiger partial charge >= 0.3 is 0 Å². The number of primary amides is 1. The molecule has 130 valence electrons. The minimum absolute atomic E-state index is 0.125. The van der Waals surface area contributed by atoms with Gasteiger partial charge in [0.05, 0.1) is 21.7 Å². The molecule has 12 heteroatoms. The molecule has 0 spiro atoms. The number of halogens is 1. The molecule has 0 aliphatic carbocycles. The lowest BCUT2D eigenvalue weighted by Crippen LogP contribution is -2.13. The van der Waals surface area contributed by atoms with Crippen LogP contribution < -0.4 is 11.1 Å². The summed E-state index contributed by atoms with van der Waals surface area (Å²) in [7, 11) is 0. The van der Waals surface area contributed by atoms with Crippen molar-refractivity contribution in [1.82, 2.24) is 15.2 Å². The molecule has 0 aliphatic rings. The fourth-order valence-corrected chi connectivity index (χ4v) is 5.20. The standard InChI is InChI=1S/C13H10ClN5O2S4/c14-6-1-2-8-7(3-6)16-12(24-8)23-5-10(21)17-11-18-19-13(25-11)22-4-9(15)20/h1-3H,4-5H2,(H2,15,20)(H,17,18,21). The van der Waals surface area contributed by atoms with Crippen molar-refractivity contribution in [3.8, 4) is 0 Å². The lowest BCUT2D eigenvalue weighted by molar-refractivity contribution is -0.115. The summed E-state index contributed by atoms with van der Waals surface area (Å²) in [5, 5.41) is 11.4. The van der Waals surface area contributed by atoms with Crippen molar-refractivity contribution >= 4 is 85.0 Å². The van der Waals surface area contributed by atoms with E-state index < -0.39 is 5.91 Å². The number of aromatic nitrogens is 3. The zero-order valence-electron chi connectivity index (χ0n) is 12.4. The third kappa shape index (κ3) is 5.28. The second kappa shape index (κ2) is 8.32. The van der Waals surface area contributed by atoms with Crippen LogP contribution in [0.5, 0.6) is 0 Å². The van der Waals surface area contributed by atoms with E-state index in [0.717, 1.165) is 14.6 Å². The minimum Gasteiger partial charge on any atom is -0.369 e. The zero-order valence-corrected chi connectivity index (χ0v) is 16.4. The third-order valence-electron chi connectivity index (χ3n) is 2.65. The fraction of sp³-hybridized carbons (Fsp3) is 0.154. The number of rotatable bonds is 7. The molecule has 0 fully saturated rings. The number of thiazole rings is 1. The minimum atomic E-state index is -0.431. The number of carbonyl (C=O) groups is 2. The van der Waals surface area contributed by atoms with E-state index in [1.165, 1.54) is 46.2 Å². The van der Waals surface area contributed by atoms with Crippen molar-refractivity contribution in [3.63, 3.8) is 0 Å². The van der Waals surface area contributed by atoms with Gasteiger partial charge in [-0.25, -0.2) is 4.98 Å². The Bertz CT molecular complexity index is 928.